The third-order valence-corrected chi connectivity index (χ3v) is 4.27. The fourth-order valence-corrected chi connectivity index (χ4v) is 2.67. The Balaban J connectivity index is 2.03. The van der Waals surface area contributed by atoms with Crippen LogP contribution < -0.4 is 11.1 Å². The largest absolute Gasteiger partial charge is 0.399 e. The molecule has 1 amide bonds. The van der Waals surface area contributed by atoms with Crippen molar-refractivity contribution in [1.29, 1.82) is 0 Å². The molecule has 1 fully saturated rings. The van der Waals surface area contributed by atoms with Gasteiger partial charge in [0.1, 0.15) is 0 Å². The highest BCUT2D eigenvalue weighted by molar-refractivity contribution is 6.34. The lowest BCUT2D eigenvalue weighted by molar-refractivity contribution is -0.121. The van der Waals surface area contributed by atoms with Crippen LogP contribution in [0.15, 0.2) is 18.2 Å². The smallest absolute Gasteiger partial charge is 0.241 e. The lowest BCUT2D eigenvalue weighted by atomic mass is 10.1. The maximum absolute atomic E-state index is 12.5. The van der Waals surface area contributed by atoms with Crippen LogP contribution in [0.2, 0.25) is 5.02 Å². The zero-order valence-corrected chi connectivity index (χ0v) is 13.7. The summed E-state index contributed by atoms with van der Waals surface area (Å²) in [6.07, 6.45) is 2.56. The molecule has 4 nitrogen and oxygen atoms in total. The van der Waals surface area contributed by atoms with Gasteiger partial charge in [0.2, 0.25) is 5.91 Å². The van der Waals surface area contributed by atoms with Crippen LogP contribution in [0.4, 0.5) is 11.4 Å². The summed E-state index contributed by atoms with van der Waals surface area (Å²) in [6, 6.07) is 5.28. The Hall–Kier alpha value is -1.26. The predicted molar refractivity (Wildman–Crippen MR) is 88.5 cm³/mol. The number of amides is 1. The van der Waals surface area contributed by atoms with Gasteiger partial charge in [0.25, 0.3) is 0 Å². The second-order valence-electron chi connectivity index (χ2n) is 6.14. The molecule has 0 spiro atoms. The summed E-state index contributed by atoms with van der Waals surface area (Å²) in [5.41, 5.74) is 6.86. The Bertz CT molecular complexity index is 514. The molecule has 5 heteroatoms. The molecular weight excluding hydrogens is 286 g/mol. The van der Waals surface area contributed by atoms with Crippen molar-refractivity contribution in [3.05, 3.63) is 23.2 Å². The summed E-state index contributed by atoms with van der Waals surface area (Å²) in [7, 11) is 0. The Morgan fingerprint density at radius 1 is 1.43 bits per heavy atom. The van der Waals surface area contributed by atoms with E-state index in [1.807, 2.05) is 6.92 Å². The second kappa shape index (κ2) is 6.67. The lowest BCUT2D eigenvalue weighted by Crippen LogP contribution is -2.46. The zero-order valence-electron chi connectivity index (χ0n) is 12.9. The molecule has 0 aliphatic heterocycles. The molecule has 0 radical (unpaired) electrons. The zero-order chi connectivity index (χ0) is 15.6. The predicted octanol–water partition coefficient (Wildman–Crippen LogP) is 3.37. The van der Waals surface area contributed by atoms with E-state index in [2.05, 4.69) is 24.1 Å². The van der Waals surface area contributed by atoms with Gasteiger partial charge in [-0.3, -0.25) is 9.69 Å². The highest BCUT2D eigenvalue weighted by Crippen LogP contribution is 2.31. The van der Waals surface area contributed by atoms with Gasteiger partial charge in [-0.25, -0.2) is 0 Å². The standard InChI is InChI=1S/C16H24ClN3O/c1-10(2)20(9-12-4-5-12)11(3)16(21)19-15-7-6-13(18)8-14(15)17/h6-8,10-12H,4-5,9,18H2,1-3H3,(H,19,21). The van der Waals surface area contributed by atoms with Crippen molar-refractivity contribution in [2.75, 3.05) is 17.6 Å². The molecule has 1 aromatic rings. The van der Waals surface area contributed by atoms with E-state index in [1.54, 1.807) is 18.2 Å². The molecule has 0 heterocycles. The summed E-state index contributed by atoms with van der Waals surface area (Å²) in [5, 5.41) is 3.36. The van der Waals surface area contributed by atoms with Gasteiger partial charge in [0.15, 0.2) is 0 Å². The number of halogens is 1. The number of nitrogens with zero attached hydrogens (tertiary/aromatic N) is 1. The molecule has 1 saturated carbocycles. The molecule has 2 rings (SSSR count). The topological polar surface area (TPSA) is 58.4 Å². The summed E-state index contributed by atoms with van der Waals surface area (Å²) >= 11 is 6.11. The highest BCUT2D eigenvalue weighted by atomic mass is 35.5. The first-order chi connectivity index (χ1) is 9.88. The number of nitrogens with one attached hydrogen (secondary N) is 1. The highest BCUT2D eigenvalue weighted by Gasteiger charge is 2.30. The van der Waals surface area contributed by atoms with Gasteiger partial charge in [-0.05, 0) is 57.7 Å². The summed E-state index contributed by atoms with van der Waals surface area (Å²) < 4.78 is 0. The summed E-state index contributed by atoms with van der Waals surface area (Å²) in [4.78, 5) is 14.7. The Morgan fingerprint density at radius 3 is 2.62 bits per heavy atom. The first-order valence-corrected chi connectivity index (χ1v) is 7.88. The minimum absolute atomic E-state index is 0.0315. The van der Waals surface area contributed by atoms with Crippen molar-refractivity contribution in [2.24, 2.45) is 5.92 Å². The second-order valence-corrected chi connectivity index (χ2v) is 6.55. The molecule has 116 valence electrons. The molecule has 1 atom stereocenters. The number of nitrogen functional groups attached to an aromatic ring is 1. The minimum atomic E-state index is -0.181. The van der Waals surface area contributed by atoms with Gasteiger partial charge in [0, 0.05) is 18.3 Å². The summed E-state index contributed by atoms with van der Waals surface area (Å²) in [5.74, 6) is 0.721. The molecule has 21 heavy (non-hydrogen) atoms. The molecule has 3 N–H and O–H groups in total. The molecule has 1 aliphatic carbocycles. The van der Waals surface area contributed by atoms with E-state index in [1.165, 1.54) is 12.8 Å². The van der Waals surface area contributed by atoms with Crippen molar-refractivity contribution < 1.29 is 4.79 Å². The summed E-state index contributed by atoms with van der Waals surface area (Å²) in [6.45, 7) is 7.19. The van der Waals surface area contributed by atoms with Crippen molar-refractivity contribution in [1.82, 2.24) is 4.90 Å². The van der Waals surface area contributed by atoms with Gasteiger partial charge in [-0.15, -0.1) is 0 Å². The monoisotopic (exact) mass is 309 g/mol. The van der Waals surface area contributed by atoms with E-state index in [0.717, 1.165) is 12.5 Å². The molecule has 1 aromatic carbocycles. The van der Waals surface area contributed by atoms with Crippen LogP contribution in [0.25, 0.3) is 0 Å². The Morgan fingerprint density at radius 2 is 2.10 bits per heavy atom. The van der Waals surface area contributed by atoms with Crippen LogP contribution in [-0.4, -0.2) is 29.4 Å². The van der Waals surface area contributed by atoms with E-state index >= 15 is 0 Å². The fourth-order valence-electron chi connectivity index (χ4n) is 2.44. The van der Waals surface area contributed by atoms with Crippen molar-refractivity contribution in [3.63, 3.8) is 0 Å². The number of hydrogen-bond donors (Lipinski definition) is 2. The number of hydrogen-bond acceptors (Lipinski definition) is 3. The van der Waals surface area contributed by atoms with Gasteiger partial charge in [-0.2, -0.15) is 0 Å². The maximum atomic E-state index is 12.5. The van der Waals surface area contributed by atoms with Gasteiger partial charge in [-0.1, -0.05) is 11.6 Å². The molecule has 0 bridgehead atoms. The molecule has 1 aliphatic rings. The van der Waals surface area contributed by atoms with Crippen LogP contribution in [-0.2, 0) is 4.79 Å². The van der Waals surface area contributed by atoms with Crippen LogP contribution >= 0.6 is 11.6 Å². The van der Waals surface area contributed by atoms with E-state index < -0.39 is 0 Å². The third-order valence-electron chi connectivity index (χ3n) is 3.96. The number of anilines is 2. The van der Waals surface area contributed by atoms with E-state index in [0.29, 0.717) is 22.4 Å². The third kappa shape index (κ3) is 4.35. The van der Waals surface area contributed by atoms with Crippen molar-refractivity contribution >= 4 is 28.9 Å². The fraction of sp³-hybridized carbons (Fsp3) is 0.562. The van der Waals surface area contributed by atoms with Gasteiger partial charge < -0.3 is 11.1 Å². The first-order valence-electron chi connectivity index (χ1n) is 7.50. The Kier molecular flexibility index (Phi) is 5.12. The van der Waals surface area contributed by atoms with E-state index in [-0.39, 0.29) is 11.9 Å². The average molecular weight is 310 g/mol. The van der Waals surface area contributed by atoms with E-state index in [9.17, 15) is 4.79 Å². The molecular formula is C16H24ClN3O. The van der Waals surface area contributed by atoms with Crippen LogP contribution in [0, 0.1) is 5.92 Å². The molecule has 1 unspecified atom stereocenters. The Labute approximate surface area is 131 Å². The van der Waals surface area contributed by atoms with Crippen LogP contribution in [0.3, 0.4) is 0 Å². The minimum Gasteiger partial charge on any atom is -0.399 e. The number of carbonyl (C=O) groups is 1. The molecule has 0 saturated heterocycles. The number of carbonyl (C=O) groups excluding carboxylic acids is 1. The number of benzene rings is 1. The molecule has 0 aromatic heterocycles. The van der Waals surface area contributed by atoms with Gasteiger partial charge in [0.05, 0.1) is 16.8 Å². The van der Waals surface area contributed by atoms with E-state index in [4.69, 9.17) is 17.3 Å². The van der Waals surface area contributed by atoms with Crippen molar-refractivity contribution in [3.8, 4) is 0 Å². The van der Waals surface area contributed by atoms with Crippen LogP contribution in [0.5, 0.6) is 0 Å². The first kappa shape index (κ1) is 16.1. The SMILES string of the molecule is CC(C)N(CC1CC1)C(C)C(=O)Nc1ccc(N)cc1Cl. The quantitative estimate of drug-likeness (QED) is 0.792. The van der Waals surface area contributed by atoms with Crippen LogP contribution in [0.1, 0.15) is 33.6 Å². The maximum Gasteiger partial charge on any atom is 0.241 e. The lowest BCUT2D eigenvalue weighted by Gasteiger charge is -2.32. The van der Waals surface area contributed by atoms with Crippen molar-refractivity contribution in [2.45, 2.75) is 45.7 Å². The van der Waals surface area contributed by atoms with Gasteiger partial charge >= 0.3 is 0 Å². The number of nitrogens with two attached hydrogens (primary N) is 1. The number of rotatable bonds is 6. The normalized spacial score (nSPS) is 16.3. The average Bonchev–Trinajstić information content (AvgIpc) is 3.22.